The van der Waals surface area contributed by atoms with Crippen LogP contribution in [0.4, 0.5) is 5.82 Å². The van der Waals surface area contributed by atoms with Crippen molar-refractivity contribution in [3.05, 3.63) is 41.0 Å². The molecule has 0 fully saturated rings. The molecule has 6 heteroatoms. The molecule has 0 saturated heterocycles. The van der Waals surface area contributed by atoms with Gasteiger partial charge in [-0.2, -0.15) is 5.10 Å². The number of aliphatic hydroxyl groups excluding tert-OH is 1. The lowest BCUT2D eigenvalue weighted by molar-refractivity contribution is 0.179. The maximum atomic E-state index is 10.2. The van der Waals surface area contributed by atoms with Crippen LogP contribution in [0.2, 0.25) is 0 Å². The highest BCUT2D eigenvalue weighted by molar-refractivity contribution is 7.18. The summed E-state index contributed by atoms with van der Waals surface area (Å²) in [4.78, 5) is 4.51. The topological polar surface area (TPSA) is 77.0 Å². The third-order valence-electron chi connectivity index (χ3n) is 3.08. The summed E-state index contributed by atoms with van der Waals surface area (Å²) in [5, 5.41) is 15.2. The minimum absolute atomic E-state index is 0.454. The molecule has 1 unspecified atom stereocenters. The average molecular weight is 274 g/mol. The third-order valence-corrected chi connectivity index (χ3v) is 4.14. The summed E-state index contributed by atoms with van der Waals surface area (Å²) < 4.78 is 2.68. The van der Waals surface area contributed by atoms with Crippen LogP contribution in [-0.4, -0.2) is 19.9 Å². The largest absolute Gasteiger partial charge is 0.388 e. The molecule has 98 valence electrons. The standard InChI is InChI=1S/C13H14N4OS/c1-17-13(14)8(7-15-17)10(18)6-12-16-9-4-2-3-5-11(9)19-12/h2-5,7,10,18H,6,14H2,1H3. The predicted octanol–water partition coefficient (Wildman–Crippen LogP) is 1.89. The molecule has 1 aromatic carbocycles. The van der Waals surface area contributed by atoms with Crippen molar-refractivity contribution >= 4 is 27.4 Å². The second-order valence-electron chi connectivity index (χ2n) is 4.40. The van der Waals surface area contributed by atoms with Gasteiger partial charge in [-0.3, -0.25) is 4.68 Å². The van der Waals surface area contributed by atoms with Gasteiger partial charge in [0.25, 0.3) is 0 Å². The lowest BCUT2D eigenvalue weighted by Gasteiger charge is -2.07. The number of hydrogen-bond acceptors (Lipinski definition) is 5. The fourth-order valence-electron chi connectivity index (χ4n) is 2.00. The number of aryl methyl sites for hydroxylation is 1. The molecule has 3 N–H and O–H groups in total. The number of aliphatic hydroxyl groups is 1. The van der Waals surface area contributed by atoms with Crippen LogP contribution in [0.15, 0.2) is 30.5 Å². The number of hydrogen-bond donors (Lipinski definition) is 2. The van der Waals surface area contributed by atoms with Crippen LogP contribution in [0, 0.1) is 0 Å². The molecule has 0 aliphatic heterocycles. The number of anilines is 1. The van der Waals surface area contributed by atoms with Gasteiger partial charge in [-0.1, -0.05) is 12.1 Å². The monoisotopic (exact) mass is 274 g/mol. The fraction of sp³-hybridized carbons (Fsp3) is 0.231. The molecule has 19 heavy (non-hydrogen) atoms. The maximum Gasteiger partial charge on any atom is 0.127 e. The molecular weight excluding hydrogens is 260 g/mol. The highest BCUT2D eigenvalue weighted by atomic mass is 32.1. The van der Waals surface area contributed by atoms with Crippen molar-refractivity contribution < 1.29 is 5.11 Å². The molecule has 0 radical (unpaired) electrons. The Balaban J connectivity index is 1.86. The minimum atomic E-state index is -0.672. The van der Waals surface area contributed by atoms with E-state index in [-0.39, 0.29) is 0 Å². The summed E-state index contributed by atoms with van der Waals surface area (Å²) in [6.45, 7) is 0. The SMILES string of the molecule is Cn1ncc(C(O)Cc2nc3ccccc3s2)c1N. The van der Waals surface area contributed by atoms with E-state index in [1.165, 1.54) is 0 Å². The van der Waals surface area contributed by atoms with Gasteiger partial charge in [0, 0.05) is 19.0 Å². The van der Waals surface area contributed by atoms with E-state index in [4.69, 9.17) is 5.73 Å². The van der Waals surface area contributed by atoms with Crippen LogP contribution < -0.4 is 5.73 Å². The molecule has 3 aromatic rings. The van der Waals surface area contributed by atoms with Crippen molar-refractivity contribution in [2.24, 2.45) is 7.05 Å². The highest BCUT2D eigenvalue weighted by Gasteiger charge is 2.17. The van der Waals surface area contributed by atoms with E-state index >= 15 is 0 Å². The van der Waals surface area contributed by atoms with Crippen LogP contribution in [0.25, 0.3) is 10.2 Å². The van der Waals surface area contributed by atoms with Gasteiger partial charge in [0.1, 0.15) is 5.82 Å². The summed E-state index contributed by atoms with van der Waals surface area (Å²) in [6, 6.07) is 7.95. The second-order valence-corrected chi connectivity index (χ2v) is 5.52. The van der Waals surface area contributed by atoms with E-state index in [0.29, 0.717) is 17.8 Å². The predicted molar refractivity (Wildman–Crippen MR) is 75.9 cm³/mol. The van der Waals surface area contributed by atoms with Crippen molar-refractivity contribution in [3.8, 4) is 0 Å². The minimum Gasteiger partial charge on any atom is -0.388 e. The Bertz CT molecular complexity index is 685. The Hall–Kier alpha value is -1.92. The first kappa shape index (κ1) is 12.1. The molecule has 0 spiro atoms. The lowest BCUT2D eigenvalue weighted by Crippen LogP contribution is -2.05. The normalized spacial score (nSPS) is 12.9. The zero-order valence-electron chi connectivity index (χ0n) is 10.4. The molecule has 2 aromatic heterocycles. The number of rotatable bonds is 3. The van der Waals surface area contributed by atoms with Crippen molar-refractivity contribution in [2.75, 3.05) is 5.73 Å². The Labute approximate surface area is 114 Å². The summed E-state index contributed by atoms with van der Waals surface area (Å²) in [5.41, 5.74) is 7.48. The molecule has 0 bridgehead atoms. The molecule has 0 amide bonds. The van der Waals surface area contributed by atoms with Crippen LogP contribution in [0.5, 0.6) is 0 Å². The molecule has 0 aliphatic rings. The van der Waals surface area contributed by atoms with E-state index < -0.39 is 6.10 Å². The van der Waals surface area contributed by atoms with E-state index in [0.717, 1.165) is 15.2 Å². The van der Waals surface area contributed by atoms with E-state index in [1.807, 2.05) is 24.3 Å². The number of thiazole rings is 1. The maximum absolute atomic E-state index is 10.2. The molecule has 0 saturated carbocycles. The van der Waals surface area contributed by atoms with E-state index in [1.54, 1.807) is 29.3 Å². The third kappa shape index (κ3) is 2.20. The number of fused-ring (bicyclic) bond motifs is 1. The number of para-hydroxylation sites is 1. The average Bonchev–Trinajstić information content (AvgIpc) is 2.93. The Morgan fingerprint density at radius 2 is 2.21 bits per heavy atom. The molecule has 0 aliphatic carbocycles. The van der Waals surface area contributed by atoms with E-state index in [2.05, 4.69) is 10.1 Å². The van der Waals surface area contributed by atoms with Gasteiger partial charge < -0.3 is 10.8 Å². The Kier molecular flexibility index (Phi) is 2.96. The summed E-state index contributed by atoms with van der Waals surface area (Å²) in [6.07, 6.45) is 1.39. The van der Waals surface area contributed by atoms with Crippen molar-refractivity contribution in [3.63, 3.8) is 0 Å². The summed E-state index contributed by atoms with van der Waals surface area (Å²) >= 11 is 1.59. The lowest BCUT2D eigenvalue weighted by atomic mass is 10.1. The van der Waals surface area contributed by atoms with E-state index in [9.17, 15) is 5.11 Å². The fourth-order valence-corrected chi connectivity index (χ4v) is 3.01. The summed E-state index contributed by atoms with van der Waals surface area (Å²) in [5.74, 6) is 0.494. The molecular formula is C13H14N4OS. The Morgan fingerprint density at radius 3 is 2.89 bits per heavy atom. The van der Waals surface area contributed by atoms with Crippen LogP contribution >= 0.6 is 11.3 Å². The van der Waals surface area contributed by atoms with Gasteiger partial charge in [0.2, 0.25) is 0 Å². The molecule has 1 atom stereocenters. The smallest absolute Gasteiger partial charge is 0.127 e. The van der Waals surface area contributed by atoms with Crippen molar-refractivity contribution in [1.29, 1.82) is 0 Å². The molecule has 2 heterocycles. The quantitative estimate of drug-likeness (QED) is 0.764. The molecule has 3 rings (SSSR count). The van der Waals surface area contributed by atoms with Gasteiger partial charge in [0.05, 0.1) is 27.5 Å². The van der Waals surface area contributed by atoms with Gasteiger partial charge in [0.15, 0.2) is 0 Å². The number of nitrogen functional groups attached to an aromatic ring is 1. The first-order valence-corrected chi connectivity index (χ1v) is 6.76. The van der Waals surface area contributed by atoms with Gasteiger partial charge in [-0.05, 0) is 12.1 Å². The highest BCUT2D eigenvalue weighted by Crippen LogP contribution is 2.27. The first-order chi connectivity index (χ1) is 9.15. The molecule has 5 nitrogen and oxygen atoms in total. The second kappa shape index (κ2) is 4.64. The van der Waals surface area contributed by atoms with Crippen molar-refractivity contribution in [2.45, 2.75) is 12.5 Å². The number of aromatic nitrogens is 3. The van der Waals surface area contributed by atoms with Gasteiger partial charge >= 0.3 is 0 Å². The van der Waals surface area contributed by atoms with Gasteiger partial charge in [-0.25, -0.2) is 4.98 Å². The number of nitrogens with zero attached hydrogens (tertiary/aromatic N) is 3. The van der Waals surface area contributed by atoms with Crippen LogP contribution in [0.3, 0.4) is 0 Å². The number of nitrogens with two attached hydrogens (primary N) is 1. The van der Waals surface area contributed by atoms with Crippen LogP contribution in [-0.2, 0) is 13.5 Å². The Morgan fingerprint density at radius 1 is 1.42 bits per heavy atom. The van der Waals surface area contributed by atoms with Crippen LogP contribution in [0.1, 0.15) is 16.7 Å². The zero-order chi connectivity index (χ0) is 13.4. The number of benzene rings is 1. The summed E-state index contributed by atoms with van der Waals surface area (Å²) in [7, 11) is 1.75. The van der Waals surface area contributed by atoms with Gasteiger partial charge in [-0.15, -0.1) is 11.3 Å². The zero-order valence-corrected chi connectivity index (χ0v) is 11.3. The van der Waals surface area contributed by atoms with Crippen molar-refractivity contribution in [1.82, 2.24) is 14.8 Å². The first-order valence-electron chi connectivity index (χ1n) is 5.95.